The maximum atomic E-state index is 13.0. The molecule has 3 rings (SSSR count). The van der Waals surface area contributed by atoms with Gasteiger partial charge in [0.15, 0.2) is 0 Å². The molecule has 0 radical (unpaired) electrons. The maximum absolute atomic E-state index is 13.0. The fourth-order valence-electron chi connectivity index (χ4n) is 2.93. The zero-order valence-corrected chi connectivity index (χ0v) is 15.5. The van der Waals surface area contributed by atoms with E-state index in [2.05, 4.69) is 20.6 Å². The van der Waals surface area contributed by atoms with E-state index in [1.807, 2.05) is 32.9 Å². The van der Waals surface area contributed by atoms with Gasteiger partial charge in [0.25, 0.3) is 5.91 Å². The van der Waals surface area contributed by atoms with Crippen LogP contribution in [0.15, 0.2) is 48.8 Å². The number of nitrogens with zero attached hydrogens (tertiary/aromatic N) is 2. The fraction of sp³-hybridized carbons (Fsp3) is 0.190. The van der Waals surface area contributed by atoms with E-state index in [9.17, 15) is 9.18 Å². The van der Waals surface area contributed by atoms with Crippen LogP contribution in [0.25, 0.3) is 0 Å². The van der Waals surface area contributed by atoms with Crippen LogP contribution in [0.1, 0.15) is 32.7 Å². The Labute approximate surface area is 157 Å². The Bertz CT molecular complexity index is 947. The zero-order valence-electron chi connectivity index (χ0n) is 15.5. The van der Waals surface area contributed by atoms with Gasteiger partial charge in [0.1, 0.15) is 23.7 Å². The molecule has 0 atom stereocenters. The number of benzene rings is 2. The first-order valence-electron chi connectivity index (χ1n) is 8.62. The van der Waals surface area contributed by atoms with Crippen LogP contribution in [0, 0.1) is 26.6 Å². The summed E-state index contributed by atoms with van der Waals surface area (Å²) in [5, 5.41) is 6.05. The number of anilines is 2. The number of halogens is 1. The van der Waals surface area contributed by atoms with E-state index in [0.717, 1.165) is 27.9 Å². The molecule has 0 fully saturated rings. The maximum Gasteiger partial charge on any atom is 0.274 e. The predicted octanol–water partition coefficient (Wildman–Crippen LogP) is 4.41. The molecule has 27 heavy (non-hydrogen) atoms. The quantitative estimate of drug-likeness (QED) is 0.704. The van der Waals surface area contributed by atoms with Crippen LogP contribution in [-0.2, 0) is 6.54 Å². The molecule has 3 aromatic rings. The van der Waals surface area contributed by atoms with E-state index in [0.29, 0.717) is 12.4 Å². The van der Waals surface area contributed by atoms with Gasteiger partial charge in [-0.05, 0) is 49.6 Å². The molecule has 0 aliphatic rings. The minimum Gasteiger partial charge on any atom is -0.366 e. The third-order valence-electron chi connectivity index (χ3n) is 4.20. The fourth-order valence-corrected chi connectivity index (χ4v) is 2.93. The van der Waals surface area contributed by atoms with Crippen LogP contribution in [0.4, 0.5) is 15.9 Å². The molecule has 2 aromatic carbocycles. The molecule has 0 saturated heterocycles. The molecule has 138 valence electrons. The number of rotatable bonds is 5. The zero-order chi connectivity index (χ0) is 19.4. The standard InChI is InChI=1S/C21H21FN4O/c1-13-8-14(2)20(15(3)9-13)26-21(27)18-10-19(25-12-24-18)23-11-16-4-6-17(22)7-5-16/h4-10,12H,11H2,1-3H3,(H,26,27)(H,23,24,25). The lowest BCUT2D eigenvalue weighted by Gasteiger charge is -2.13. The molecular weight excluding hydrogens is 343 g/mol. The molecule has 1 amide bonds. The van der Waals surface area contributed by atoms with Crippen molar-refractivity contribution in [3.8, 4) is 0 Å². The van der Waals surface area contributed by atoms with Crippen molar-refractivity contribution in [3.63, 3.8) is 0 Å². The number of hydrogen-bond acceptors (Lipinski definition) is 4. The topological polar surface area (TPSA) is 66.9 Å². The van der Waals surface area contributed by atoms with Crippen molar-refractivity contribution in [1.29, 1.82) is 0 Å². The molecule has 2 N–H and O–H groups in total. The van der Waals surface area contributed by atoms with Gasteiger partial charge in [0, 0.05) is 18.3 Å². The first-order valence-corrected chi connectivity index (χ1v) is 8.62. The summed E-state index contributed by atoms with van der Waals surface area (Å²) in [6.07, 6.45) is 1.34. The minimum absolute atomic E-state index is 0.269. The average Bonchev–Trinajstić information content (AvgIpc) is 2.64. The van der Waals surface area contributed by atoms with Crippen molar-refractivity contribution in [2.24, 2.45) is 0 Å². The summed E-state index contributed by atoms with van der Waals surface area (Å²) in [5.74, 6) is -0.0458. The number of aryl methyl sites for hydroxylation is 3. The summed E-state index contributed by atoms with van der Waals surface area (Å²) in [6, 6.07) is 11.8. The van der Waals surface area contributed by atoms with Gasteiger partial charge in [0.2, 0.25) is 0 Å². The summed E-state index contributed by atoms with van der Waals surface area (Å²) in [5.41, 5.74) is 5.13. The van der Waals surface area contributed by atoms with Crippen molar-refractivity contribution in [1.82, 2.24) is 9.97 Å². The molecule has 0 aliphatic carbocycles. The molecule has 0 saturated carbocycles. The summed E-state index contributed by atoms with van der Waals surface area (Å²) >= 11 is 0. The Balaban J connectivity index is 1.71. The predicted molar refractivity (Wildman–Crippen MR) is 104 cm³/mol. The summed E-state index contributed by atoms with van der Waals surface area (Å²) < 4.78 is 13.0. The van der Waals surface area contributed by atoms with Crippen LogP contribution in [0.5, 0.6) is 0 Å². The van der Waals surface area contributed by atoms with Crippen molar-refractivity contribution >= 4 is 17.4 Å². The smallest absolute Gasteiger partial charge is 0.274 e. The molecular formula is C21H21FN4O. The number of nitrogens with one attached hydrogen (secondary N) is 2. The molecule has 0 bridgehead atoms. The van der Waals surface area contributed by atoms with E-state index in [4.69, 9.17) is 0 Å². The third-order valence-corrected chi connectivity index (χ3v) is 4.20. The molecule has 1 heterocycles. The Hall–Kier alpha value is -3.28. The highest BCUT2D eigenvalue weighted by Crippen LogP contribution is 2.22. The van der Waals surface area contributed by atoms with Gasteiger partial charge in [0.05, 0.1) is 0 Å². The number of amides is 1. The van der Waals surface area contributed by atoms with Crippen LogP contribution < -0.4 is 10.6 Å². The largest absolute Gasteiger partial charge is 0.366 e. The second-order valence-electron chi connectivity index (χ2n) is 6.50. The van der Waals surface area contributed by atoms with Gasteiger partial charge < -0.3 is 10.6 Å². The highest BCUT2D eigenvalue weighted by Gasteiger charge is 2.12. The minimum atomic E-state index is -0.294. The van der Waals surface area contributed by atoms with E-state index in [1.165, 1.54) is 18.5 Å². The average molecular weight is 364 g/mol. The summed E-state index contributed by atoms with van der Waals surface area (Å²) in [4.78, 5) is 20.8. The Kier molecular flexibility index (Phi) is 5.45. The van der Waals surface area contributed by atoms with Crippen molar-refractivity contribution in [2.45, 2.75) is 27.3 Å². The highest BCUT2D eigenvalue weighted by molar-refractivity contribution is 6.04. The first kappa shape index (κ1) is 18.5. The number of aromatic nitrogens is 2. The van der Waals surface area contributed by atoms with Gasteiger partial charge in [-0.3, -0.25) is 4.79 Å². The normalized spacial score (nSPS) is 10.5. The molecule has 1 aromatic heterocycles. The van der Waals surface area contributed by atoms with Crippen molar-refractivity contribution in [2.75, 3.05) is 10.6 Å². The Morgan fingerprint density at radius 2 is 1.67 bits per heavy atom. The van der Waals surface area contributed by atoms with E-state index in [-0.39, 0.29) is 17.4 Å². The van der Waals surface area contributed by atoms with E-state index < -0.39 is 0 Å². The highest BCUT2D eigenvalue weighted by atomic mass is 19.1. The lowest BCUT2D eigenvalue weighted by Crippen LogP contribution is -2.16. The Morgan fingerprint density at radius 3 is 2.33 bits per heavy atom. The van der Waals surface area contributed by atoms with E-state index >= 15 is 0 Å². The van der Waals surface area contributed by atoms with Gasteiger partial charge in [-0.15, -0.1) is 0 Å². The van der Waals surface area contributed by atoms with Gasteiger partial charge in [-0.1, -0.05) is 29.8 Å². The van der Waals surface area contributed by atoms with Crippen LogP contribution >= 0.6 is 0 Å². The van der Waals surface area contributed by atoms with E-state index in [1.54, 1.807) is 18.2 Å². The van der Waals surface area contributed by atoms with Crippen molar-refractivity contribution in [3.05, 3.63) is 82.6 Å². The monoisotopic (exact) mass is 364 g/mol. The second-order valence-corrected chi connectivity index (χ2v) is 6.50. The lowest BCUT2D eigenvalue weighted by molar-refractivity contribution is 0.102. The molecule has 0 spiro atoms. The number of hydrogen-bond donors (Lipinski definition) is 2. The molecule has 0 aliphatic heterocycles. The Morgan fingerprint density at radius 1 is 1.00 bits per heavy atom. The first-order chi connectivity index (χ1) is 12.9. The second kappa shape index (κ2) is 7.95. The lowest BCUT2D eigenvalue weighted by atomic mass is 10.0. The van der Waals surface area contributed by atoms with Gasteiger partial charge >= 0.3 is 0 Å². The number of carbonyl (C=O) groups is 1. The molecule has 0 unspecified atom stereocenters. The SMILES string of the molecule is Cc1cc(C)c(NC(=O)c2cc(NCc3ccc(F)cc3)ncn2)c(C)c1. The summed E-state index contributed by atoms with van der Waals surface area (Å²) in [7, 11) is 0. The molecule has 6 heteroatoms. The van der Waals surface area contributed by atoms with Crippen LogP contribution in [0.3, 0.4) is 0 Å². The number of carbonyl (C=O) groups excluding carboxylic acids is 1. The summed E-state index contributed by atoms with van der Waals surface area (Å²) in [6.45, 7) is 6.42. The third kappa shape index (κ3) is 4.67. The van der Waals surface area contributed by atoms with Crippen LogP contribution in [0.2, 0.25) is 0 Å². The van der Waals surface area contributed by atoms with Crippen LogP contribution in [-0.4, -0.2) is 15.9 Å². The van der Waals surface area contributed by atoms with Crippen molar-refractivity contribution < 1.29 is 9.18 Å². The van der Waals surface area contributed by atoms with Gasteiger partial charge in [-0.2, -0.15) is 0 Å². The van der Waals surface area contributed by atoms with Gasteiger partial charge in [-0.25, -0.2) is 14.4 Å². The molecule has 5 nitrogen and oxygen atoms in total.